The van der Waals surface area contributed by atoms with Crippen molar-refractivity contribution in [3.8, 4) is 5.75 Å². The van der Waals surface area contributed by atoms with Gasteiger partial charge in [0.2, 0.25) is 0 Å². The molecule has 0 radical (unpaired) electrons. The number of carboxylic acids is 1. The molecule has 8 heteroatoms. The van der Waals surface area contributed by atoms with Gasteiger partial charge >= 0.3 is 5.97 Å². The number of halogens is 1. The van der Waals surface area contributed by atoms with Crippen LogP contribution in [0.2, 0.25) is 5.02 Å². The zero-order chi connectivity index (χ0) is 24.8. The molecule has 2 unspecified atom stereocenters. The van der Waals surface area contributed by atoms with Gasteiger partial charge in [-0.25, -0.2) is 0 Å². The lowest BCUT2D eigenvalue weighted by Crippen LogP contribution is -2.44. The predicted octanol–water partition coefficient (Wildman–Crippen LogP) is 5.77. The van der Waals surface area contributed by atoms with Crippen LogP contribution in [0.4, 0.5) is 0 Å². The van der Waals surface area contributed by atoms with E-state index in [9.17, 15) is 9.90 Å². The standard InChI is InChI=1S/C27H38ClN3O3S/c1-34-19-8-10-25-21(15-19)26(23(28)16-30-25)24(29)9-7-18-11-12-31(17-22(18)27(32)33)13-14-35-20-5-3-2-4-6-20/h8,10,15-16,18,20,22,24H,2-7,9,11-14,17,29H2,1H3,(H,32,33)/t18?,22?,24-/m1/s1. The van der Waals surface area contributed by atoms with Gasteiger partial charge in [-0.15, -0.1) is 0 Å². The number of nitrogens with two attached hydrogens (primary N) is 1. The highest BCUT2D eigenvalue weighted by Gasteiger charge is 2.34. The van der Waals surface area contributed by atoms with Gasteiger partial charge in [-0.1, -0.05) is 30.9 Å². The van der Waals surface area contributed by atoms with E-state index in [4.69, 9.17) is 22.1 Å². The number of piperidine rings is 1. The van der Waals surface area contributed by atoms with Crippen LogP contribution >= 0.6 is 23.4 Å². The van der Waals surface area contributed by atoms with Crippen molar-refractivity contribution >= 4 is 40.2 Å². The summed E-state index contributed by atoms with van der Waals surface area (Å²) in [6.45, 7) is 2.58. The maximum Gasteiger partial charge on any atom is 0.308 e. The zero-order valence-corrected chi connectivity index (χ0v) is 22.2. The number of aliphatic carboxylic acids is 1. The number of nitrogens with zero attached hydrogens (tertiary/aromatic N) is 2. The molecule has 3 N–H and O–H groups in total. The number of fused-ring (bicyclic) bond motifs is 1. The van der Waals surface area contributed by atoms with E-state index in [1.54, 1.807) is 13.3 Å². The molecule has 2 aliphatic rings. The number of carbonyl (C=O) groups is 1. The molecule has 1 aromatic heterocycles. The van der Waals surface area contributed by atoms with Crippen LogP contribution in [0, 0.1) is 11.8 Å². The molecule has 0 amide bonds. The second-order valence-electron chi connectivity index (χ2n) is 10.0. The van der Waals surface area contributed by atoms with Crippen LogP contribution in [0.25, 0.3) is 10.9 Å². The second-order valence-corrected chi connectivity index (χ2v) is 11.8. The number of methoxy groups -OCH3 is 1. The number of benzene rings is 1. The minimum atomic E-state index is -0.690. The first kappa shape index (κ1) is 26.5. The molecule has 192 valence electrons. The minimum absolute atomic E-state index is 0.127. The maximum atomic E-state index is 12.1. The Hall–Kier alpha value is -1.54. The highest BCUT2D eigenvalue weighted by molar-refractivity contribution is 7.99. The molecule has 3 atom stereocenters. The number of hydrogen-bond donors (Lipinski definition) is 2. The van der Waals surface area contributed by atoms with Crippen LogP contribution in [-0.4, -0.2) is 58.7 Å². The molecule has 2 heterocycles. The molecule has 1 aliphatic carbocycles. The van der Waals surface area contributed by atoms with Crippen molar-refractivity contribution in [1.82, 2.24) is 9.88 Å². The molecule has 2 fully saturated rings. The van der Waals surface area contributed by atoms with Crippen LogP contribution in [0.15, 0.2) is 24.4 Å². The van der Waals surface area contributed by atoms with Crippen molar-refractivity contribution in [2.24, 2.45) is 17.6 Å². The largest absolute Gasteiger partial charge is 0.497 e. The first-order valence-electron chi connectivity index (χ1n) is 12.9. The van der Waals surface area contributed by atoms with Gasteiger partial charge in [0.1, 0.15) is 5.75 Å². The van der Waals surface area contributed by atoms with E-state index in [0.717, 1.165) is 59.1 Å². The average molecular weight is 520 g/mol. The number of hydrogen-bond acceptors (Lipinski definition) is 6. The molecular weight excluding hydrogens is 482 g/mol. The molecule has 0 spiro atoms. The third-order valence-electron chi connectivity index (χ3n) is 7.76. The van der Waals surface area contributed by atoms with Gasteiger partial charge in [0.15, 0.2) is 0 Å². The summed E-state index contributed by atoms with van der Waals surface area (Å²) in [6.07, 6.45) is 10.8. The van der Waals surface area contributed by atoms with Gasteiger partial charge < -0.3 is 20.5 Å². The van der Waals surface area contributed by atoms with Crippen LogP contribution in [-0.2, 0) is 4.79 Å². The SMILES string of the molecule is COc1ccc2ncc(Cl)c([C@H](N)CCC3CCN(CCSC4CCCCC4)CC3C(=O)O)c2c1. The third-order valence-corrected chi connectivity index (χ3v) is 9.42. The molecule has 0 bridgehead atoms. The van der Waals surface area contributed by atoms with Crippen molar-refractivity contribution in [3.63, 3.8) is 0 Å². The molecule has 1 saturated heterocycles. The number of thioether (sulfide) groups is 1. The number of carboxylic acid groups (broad SMARTS) is 1. The normalized spacial score (nSPS) is 22.8. The van der Waals surface area contributed by atoms with Crippen molar-refractivity contribution in [2.45, 2.75) is 62.7 Å². The summed E-state index contributed by atoms with van der Waals surface area (Å²) in [7, 11) is 1.63. The summed E-state index contributed by atoms with van der Waals surface area (Å²) in [5.74, 6) is 0.923. The molecule has 6 nitrogen and oxygen atoms in total. The first-order valence-corrected chi connectivity index (χ1v) is 14.3. The fourth-order valence-corrected chi connectivity index (χ4v) is 7.34. The van der Waals surface area contributed by atoms with Gasteiger partial charge in [-0.3, -0.25) is 9.78 Å². The van der Waals surface area contributed by atoms with Crippen molar-refractivity contribution in [3.05, 3.63) is 35.0 Å². The van der Waals surface area contributed by atoms with Crippen molar-refractivity contribution in [1.29, 1.82) is 0 Å². The molecule has 1 aromatic carbocycles. The Morgan fingerprint density at radius 2 is 2.11 bits per heavy atom. The zero-order valence-electron chi connectivity index (χ0n) is 20.6. The van der Waals surface area contributed by atoms with Crippen LogP contribution in [0.3, 0.4) is 0 Å². The van der Waals surface area contributed by atoms with Gasteiger partial charge in [0, 0.05) is 41.7 Å². The Labute approximate surface area is 217 Å². The Morgan fingerprint density at radius 1 is 1.31 bits per heavy atom. The summed E-state index contributed by atoms with van der Waals surface area (Å²) in [5.41, 5.74) is 8.33. The smallest absolute Gasteiger partial charge is 0.308 e. The molecule has 2 aromatic rings. The van der Waals surface area contributed by atoms with E-state index in [1.807, 2.05) is 18.2 Å². The Kier molecular flexibility index (Phi) is 9.56. The summed E-state index contributed by atoms with van der Waals surface area (Å²) in [5, 5.41) is 12.2. The summed E-state index contributed by atoms with van der Waals surface area (Å²) >= 11 is 8.62. The number of likely N-dealkylation sites (tertiary alicyclic amines) is 1. The van der Waals surface area contributed by atoms with Crippen molar-refractivity contribution < 1.29 is 14.6 Å². The van der Waals surface area contributed by atoms with Crippen LogP contribution in [0.5, 0.6) is 5.75 Å². The Morgan fingerprint density at radius 3 is 2.86 bits per heavy atom. The van der Waals surface area contributed by atoms with Gasteiger partial charge in [-0.2, -0.15) is 11.8 Å². The number of pyridine rings is 1. The van der Waals surface area contributed by atoms with E-state index >= 15 is 0 Å². The molecular formula is C27H38ClN3O3S. The lowest BCUT2D eigenvalue weighted by atomic mass is 9.81. The predicted molar refractivity (Wildman–Crippen MR) is 144 cm³/mol. The summed E-state index contributed by atoms with van der Waals surface area (Å²) < 4.78 is 5.38. The average Bonchev–Trinajstić information content (AvgIpc) is 2.87. The summed E-state index contributed by atoms with van der Waals surface area (Å²) in [6, 6.07) is 5.41. The fourth-order valence-electron chi connectivity index (χ4n) is 5.69. The second kappa shape index (κ2) is 12.6. The molecule has 1 saturated carbocycles. The highest BCUT2D eigenvalue weighted by atomic mass is 35.5. The fraction of sp³-hybridized carbons (Fsp3) is 0.630. The number of ether oxygens (including phenoxy) is 1. The first-order chi connectivity index (χ1) is 17.0. The topological polar surface area (TPSA) is 88.7 Å². The molecule has 1 aliphatic heterocycles. The quantitative estimate of drug-likeness (QED) is 0.412. The number of aromatic nitrogens is 1. The van der Waals surface area contributed by atoms with E-state index in [2.05, 4.69) is 21.6 Å². The van der Waals surface area contributed by atoms with E-state index in [1.165, 1.54) is 32.1 Å². The van der Waals surface area contributed by atoms with Gasteiger partial charge in [0.25, 0.3) is 0 Å². The van der Waals surface area contributed by atoms with Crippen LogP contribution < -0.4 is 10.5 Å². The monoisotopic (exact) mass is 519 g/mol. The molecule has 4 rings (SSSR count). The van der Waals surface area contributed by atoms with E-state index in [-0.39, 0.29) is 17.9 Å². The lowest BCUT2D eigenvalue weighted by Gasteiger charge is -2.37. The Bertz CT molecular complexity index is 1000. The maximum absolute atomic E-state index is 12.1. The van der Waals surface area contributed by atoms with E-state index < -0.39 is 5.97 Å². The minimum Gasteiger partial charge on any atom is -0.497 e. The number of rotatable bonds is 10. The lowest BCUT2D eigenvalue weighted by molar-refractivity contribution is -0.146. The highest BCUT2D eigenvalue weighted by Crippen LogP contribution is 2.36. The Balaban J connectivity index is 1.34. The van der Waals surface area contributed by atoms with Gasteiger partial charge in [0.05, 0.1) is 23.6 Å². The van der Waals surface area contributed by atoms with Crippen LogP contribution in [0.1, 0.15) is 63.0 Å². The summed E-state index contributed by atoms with van der Waals surface area (Å²) in [4.78, 5) is 18.9. The third kappa shape index (κ3) is 6.82. The molecule has 35 heavy (non-hydrogen) atoms. The van der Waals surface area contributed by atoms with Gasteiger partial charge in [-0.05, 0) is 68.3 Å². The van der Waals surface area contributed by atoms with E-state index in [0.29, 0.717) is 18.0 Å². The van der Waals surface area contributed by atoms with Crippen molar-refractivity contribution in [2.75, 3.05) is 32.5 Å².